The number of aromatic nitrogens is 2. The van der Waals surface area contributed by atoms with Crippen LogP contribution in [0.3, 0.4) is 0 Å². The Morgan fingerprint density at radius 1 is 1.44 bits per heavy atom. The third kappa shape index (κ3) is 2.70. The Hall–Kier alpha value is -1.16. The SMILES string of the molecule is CNCc1nc(C2CCCCC2)cc(=O)[nH]1. The van der Waals surface area contributed by atoms with Crippen LogP contribution in [0.1, 0.15) is 49.5 Å². The van der Waals surface area contributed by atoms with Crippen molar-refractivity contribution in [3.8, 4) is 0 Å². The molecule has 4 nitrogen and oxygen atoms in total. The van der Waals surface area contributed by atoms with Gasteiger partial charge in [-0.15, -0.1) is 0 Å². The lowest BCUT2D eigenvalue weighted by molar-refractivity contribution is 0.434. The van der Waals surface area contributed by atoms with Gasteiger partial charge in [-0.05, 0) is 19.9 Å². The Kier molecular flexibility index (Phi) is 3.72. The molecule has 0 radical (unpaired) electrons. The summed E-state index contributed by atoms with van der Waals surface area (Å²) in [4.78, 5) is 18.8. The predicted octanol–water partition coefficient (Wildman–Crippen LogP) is 1.54. The van der Waals surface area contributed by atoms with E-state index >= 15 is 0 Å². The summed E-state index contributed by atoms with van der Waals surface area (Å²) >= 11 is 0. The zero-order valence-corrected chi connectivity index (χ0v) is 9.75. The third-order valence-corrected chi connectivity index (χ3v) is 3.18. The minimum Gasteiger partial charge on any atom is -0.313 e. The van der Waals surface area contributed by atoms with Gasteiger partial charge in [-0.3, -0.25) is 4.79 Å². The molecule has 1 fully saturated rings. The van der Waals surface area contributed by atoms with Gasteiger partial charge in [-0.1, -0.05) is 19.3 Å². The van der Waals surface area contributed by atoms with Crippen molar-refractivity contribution >= 4 is 0 Å². The number of nitrogens with zero attached hydrogens (tertiary/aromatic N) is 1. The van der Waals surface area contributed by atoms with Crippen molar-refractivity contribution in [2.45, 2.75) is 44.6 Å². The third-order valence-electron chi connectivity index (χ3n) is 3.18. The molecule has 4 heteroatoms. The molecule has 0 aromatic carbocycles. The summed E-state index contributed by atoms with van der Waals surface area (Å²) < 4.78 is 0. The maximum Gasteiger partial charge on any atom is 0.251 e. The fourth-order valence-electron chi connectivity index (χ4n) is 2.39. The highest BCUT2D eigenvalue weighted by Crippen LogP contribution is 2.30. The van der Waals surface area contributed by atoms with E-state index in [0.717, 1.165) is 11.5 Å². The standard InChI is InChI=1S/C12H19N3O/c1-13-8-11-14-10(7-12(16)15-11)9-5-3-2-4-6-9/h7,9,13H,2-6,8H2,1H3,(H,14,15,16). The van der Waals surface area contributed by atoms with Crippen LogP contribution in [0.15, 0.2) is 10.9 Å². The number of hydrogen-bond acceptors (Lipinski definition) is 3. The van der Waals surface area contributed by atoms with Crippen molar-refractivity contribution in [3.05, 3.63) is 27.9 Å². The monoisotopic (exact) mass is 221 g/mol. The number of hydrogen-bond donors (Lipinski definition) is 2. The van der Waals surface area contributed by atoms with E-state index in [0.29, 0.717) is 12.5 Å². The lowest BCUT2D eigenvalue weighted by atomic mass is 9.87. The summed E-state index contributed by atoms with van der Waals surface area (Å²) in [5, 5.41) is 3.01. The summed E-state index contributed by atoms with van der Waals surface area (Å²) in [6.07, 6.45) is 6.20. The molecular weight excluding hydrogens is 202 g/mol. The van der Waals surface area contributed by atoms with E-state index < -0.39 is 0 Å². The summed E-state index contributed by atoms with van der Waals surface area (Å²) in [6, 6.07) is 1.66. The van der Waals surface area contributed by atoms with Crippen LogP contribution in [0.25, 0.3) is 0 Å². The molecule has 0 saturated heterocycles. The molecule has 0 spiro atoms. The Morgan fingerprint density at radius 3 is 2.88 bits per heavy atom. The summed E-state index contributed by atoms with van der Waals surface area (Å²) in [7, 11) is 1.85. The fourth-order valence-corrected chi connectivity index (χ4v) is 2.39. The first-order valence-corrected chi connectivity index (χ1v) is 6.04. The minimum absolute atomic E-state index is 0.0270. The second-order valence-electron chi connectivity index (χ2n) is 4.48. The van der Waals surface area contributed by atoms with E-state index in [4.69, 9.17) is 0 Å². The van der Waals surface area contributed by atoms with E-state index in [9.17, 15) is 4.79 Å². The lowest BCUT2D eigenvalue weighted by Crippen LogP contribution is -2.19. The topological polar surface area (TPSA) is 57.8 Å². The molecule has 0 aliphatic heterocycles. The van der Waals surface area contributed by atoms with Crippen molar-refractivity contribution in [3.63, 3.8) is 0 Å². The number of H-pyrrole nitrogens is 1. The van der Waals surface area contributed by atoms with Gasteiger partial charge in [0.05, 0.1) is 12.2 Å². The number of aromatic amines is 1. The van der Waals surface area contributed by atoms with Gasteiger partial charge in [0.15, 0.2) is 0 Å². The van der Waals surface area contributed by atoms with Crippen molar-refractivity contribution in [1.29, 1.82) is 0 Å². The average Bonchev–Trinajstić information content (AvgIpc) is 2.30. The largest absolute Gasteiger partial charge is 0.313 e. The van der Waals surface area contributed by atoms with Crippen LogP contribution < -0.4 is 10.9 Å². The molecule has 2 N–H and O–H groups in total. The summed E-state index contributed by atoms with van der Waals surface area (Å²) in [6.45, 7) is 0.621. The van der Waals surface area contributed by atoms with Crippen LogP contribution in [0.5, 0.6) is 0 Å². The highest BCUT2D eigenvalue weighted by atomic mass is 16.1. The van der Waals surface area contributed by atoms with Crippen LogP contribution in [-0.4, -0.2) is 17.0 Å². The Morgan fingerprint density at radius 2 is 2.19 bits per heavy atom. The minimum atomic E-state index is -0.0270. The fraction of sp³-hybridized carbons (Fsp3) is 0.667. The normalized spacial score (nSPS) is 17.6. The maximum absolute atomic E-state index is 11.5. The molecule has 0 atom stereocenters. The highest BCUT2D eigenvalue weighted by molar-refractivity contribution is 5.09. The first kappa shape index (κ1) is 11.3. The molecule has 0 bridgehead atoms. The van der Waals surface area contributed by atoms with E-state index in [1.54, 1.807) is 6.07 Å². The van der Waals surface area contributed by atoms with Gasteiger partial charge >= 0.3 is 0 Å². The molecule has 2 rings (SSSR count). The molecule has 1 saturated carbocycles. The maximum atomic E-state index is 11.5. The van der Waals surface area contributed by atoms with Gasteiger partial charge in [-0.2, -0.15) is 0 Å². The molecule has 1 aromatic rings. The molecule has 1 aliphatic rings. The van der Waals surface area contributed by atoms with Crippen LogP contribution in [-0.2, 0) is 6.54 Å². The van der Waals surface area contributed by atoms with Gasteiger partial charge in [0.2, 0.25) is 0 Å². The van der Waals surface area contributed by atoms with Crippen molar-refractivity contribution in [2.24, 2.45) is 0 Å². The van der Waals surface area contributed by atoms with Gasteiger partial charge < -0.3 is 10.3 Å². The van der Waals surface area contributed by atoms with Crippen molar-refractivity contribution in [2.75, 3.05) is 7.05 Å². The molecule has 0 unspecified atom stereocenters. The van der Waals surface area contributed by atoms with Gasteiger partial charge in [0, 0.05) is 12.0 Å². The van der Waals surface area contributed by atoms with E-state index in [1.807, 2.05) is 7.05 Å². The van der Waals surface area contributed by atoms with Gasteiger partial charge in [0.25, 0.3) is 5.56 Å². The Bertz CT molecular complexity index is 393. The van der Waals surface area contributed by atoms with Crippen LogP contribution in [0.2, 0.25) is 0 Å². The zero-order valence-electron chi connectivity index (χ0n) is 9.75. The molecule has 1 aromatic heterocycles. The second-order valence-corrected chi connectivity index (χ2v) is 4.48. The predicted molar refractivity (Wildman–Crippen MR) is 63.4 cm³/mol. The quantitative estimate of drug-likeness (QED) is 0.814. The first-order chi connectivity index (χ1) is 7.79. The van der Waals surface area contributed by atoms with Crippen LogP contribution in [0.4, 0.5) is 0 Å². The molecule has 1 heterocycles. The number of nitrogens with one attached hydrogen (secondary N) is 2. The molecule has 88 valence electrons. The van der Waals surface area contributed by atoms with E-state index in [1.165, 1.54) is 32.1 Å². The first-order valence-electron chi connectivity index (χ1n) is 6.04. The van der Waals surface area contributed by atoms with Crippen molar-refractivity contribution in [1.82, 2.24) is 15.3 Å². The van der Waals surface area contributed by atoms with Crippen molar-refractivity contribution < 1.29 is 0 Å². The van der Waals surface area contributed by atoms with Gasteiger partial charge in [0.1, 0.15) is 5.82 Å². The Balaban J connectivity index is 2.21. The highest BCUT2D eigenvalue weighted by Gasteiger charge is 2.17. The van der Waals surface area contributed by atoms with E-state index in [-0.39, 0.29) is 5.56 Å². The van der Waals surface area contributed by atoms with Crippen LogP contribution >= 0.6 is 0 Å². The molecule has 1 aliphatic carbocycles. The van der Waals surface area contributed by atoms with E-state index in [2.05, 4.69) is 15.3 Å². The molecular formula is C12H19N3O. The average molecular weight is 221 g/mol. The van der Waals surface area contributed by atoms with Crippen LogP contribution in [0, 0.1) is 0 Å². The summed E-state index contributed by atoms with van der Waals surface area (Å²) in [5.41, 5.74) is 0.953. The molecule has 0 amide bonds. The summed E-state index contributed by atoms with van der Waals surface area (Å²) in [5.74, 6) is 1.24. The smallest absolute Gasteiger partial charge is 0.251 e. The zero-order chi connectivity index (χ0) is 11.4. The van der Waals surface area contributed by atoms with Gasteiger partial charge in [-0.25, -0.2) is 4.98 Å². The molecule has 16 heavy (non-hydrogen) atoms. The number of rotatable bonds is 3. The second kappa shape index (κ2) is 5.25. The Labute approximate surface area is 95.5 Å². The lowest BCUT2D eigenvalue weighted by Gasteiger charge is -2.21.